The van der Waals surface area contributed by atoms with Crippen molar-refractivity contribution in [3.05, 3.63) is 76.9 Å². The number of carboxylic acid groups (broad SMARTS) is 1. The highest BCUT2D eigenvalue weighted by Gasteiger charge is 2.22. The molecule has 1 atom stereocenters. The molecule has 0 saturated heterocycles. The van der Waals surface area contributed by atoms with Crippen LogP contribution in [0.2, 0.25) is 0 Å². The highest BCUT2D eigenvalue weighted by atomic mass is 32.2. The second-order valence-corrected chi connectivity index (χ2v) is 7.69. The summed E-state index contributed by atoms with van der Waals surface area (Å²) in [5.74, 6) is -3.61. The fourth-order valence-corrected chi connectivity index (χ4v) is 3.25. The molecule has 8 heteroatoms. The Morgan fingerprint density at radius 1 is 1.10 bits per heavy atom. The molecule has 0 aromatic heterocycles. The van der Waals surface area contributed by atoms with Crippen molar-refractivity contribution in [2.45, 2.75) is 25.8 Å². The smallest absolute Gasteiger partial charge is 0.326 e. The molecule has 1 amide bonds. The maximum atomic E-state index is 13.5. The minimum Gasteiger partial charge on any atom is -0.480 e. The highest BCUT2D eigenvalue weighted by molar-refractivity contribution is 8.13. The zero-order valence-electron chi connectivity index (χ0n) is 16.2. The molecule has 2 aromatic carbocycles. The number of carbonyl (C=O) groups excluding carboxylic acids is 2. The van der Waals surface area contributed by atoms with Gasteiger partial charge in [0.25, 0.3) is 0 Å². The lowest BCUT2D eigenvalue weighted by molar-refractivity contribution is -0.141. The summed E-state index contributed by atoms with van der Waals surface area (Å²) in [4.78, 5) is 35.6. The minimum atomic E-state index is -1.20. The van der Waals surface area contributed by atoms with E-state index in [9.17, 15) is 28.3 Å². The minimum absolute atomic E-state index is 0.0335. The molecular formula is C22H21F2NO4S. The SMILES string of the molecule is CC(=O)SC/C(=C/c1cc(F)cc(F)c1)C(=O)N[C@@H](CCc1ccccc1)C(=O)O. The number of carboxylic acids is 1. The molecule has 2 rings (SSSR count). The van der Waals surface area contributed by atoms with Gasteiger partial charge < -0.3 is 10.4 Å². The molecular weight excluding hydrogens is 412 g/mol. The zero-order chi connectivity index (χ0) is 22.1. The van der Waals surface area contributed by atoms with Crippen LogP contribution in [-0.2, 0) is 20.8 Å². The van der Waals surface area contributed by atoms with Crippen LogP contribution in [0.25, 0.3) is 6.08 Å². The van der Waals surface area contributed by atoms with Crippen LogP contribution in [0.15, 0.2) is 54.1 Å². The van der Waals surface area contributed by atoms with Crippen LogP contribution in [0.5, 0.6) is 0 Å². The number of nitrogens with one attached hydrogen (secondary N) is 1. The first-order valence-electron chi connectivity index (χ1n) is 9.12. The molecule has 30 heavy (non-hydrogen) atoms. The molecule has 0 aliphatic rings. The lowest BCUT2D eigenvalue weighted by Crippen LogP contribution is -2.42. The van der Waals surface area contributed by atoms with Gasteiger partial charge in [0.05, 0.1) is 0 Å². The molecule has 0 aliphatic carbocycles. The molecule has 2 N–H and O–H groups in total. The van der Waals surface area contributed by atoms with Gasteiger partial charge in [-0.3, -0.25) is 9.59 Å². The summed E-state index contributed by atoms with van der Waals surface area (Å²) in [6.07, 6.45) is 1.84. The first kappa shape index (κ1) is 23.3. The van der Waals surface area contributed by atoms with E-state index in [0.29, 0.717) is 12.5 Å². The number of aryl methyl sites for hydroxylation is 1. The summed E-state index contributed by atoms with van der Waals surface area (Å²) < 4.78 is 26.9. The van der Waals surface area contributed by atoms with E-state index in [1.807, 2.05) is 30.3 Å². The van der Waals surface area contributed by atoms with Gasteiger partial charge in [-0.25, -0.2) is 13.6 Å². The Morgan fingerprint density at radius 2 is 1.73 bits per heavy atom. The molecule has 0 bridgehead atoms. The van der Waals surface area contributed by atoms with Crippen LogP contribution in [-0.4, -0.2) is 33.9 Å². The molecule has 0 unspecified atom stereocenters. The fourth-order valence-electron chi connectivity index (χ4n) is 2.68. The van der Waals surface area contributed by atoms with E-state index >= 15 is 0 Å². The number of aliphatic carboxylic acids is 1. The Kier molecular flexibility index (Phi) is 8.73. The zero-order valence-corrected chi connectivity index (χ0v) is 17.0. The maximum Gasteiger partial charge on any atom is 0.326 e. The summed E-state index contributed by atoms with van der Waals surface area (Å²) in [5.41, 5.74) is 1.06. The molecule has 0 spiro atoms. The van der Waals surface area contributed by atoms with Gasteiger partial charge in [-0.15, -0.1) is 0 Å². The van der Waals surface area contributed by atoms with Crippen molar-refractivity contribution in [3.8, 4) is 0 Å². The van der Waals surface area contributed by atoms with Gasteiger partial charge in [0.15, 0.2) is 5.12 Å². The number of thioether (sulfide) groups is 1. The predicted octanol–water partition coefficient (Wildman–Crippen LogP) is 3.83. The number of hydrogen-bond donors (Lipinski definition) is 2. The molecule has 158 valence electrons. The van der Waals surface area contributed by atoms with Crippen LogP contribution in [0.1, 0.15) is 24.5 Å². The van der Waals surface area contributed by atoms with Crippen molar-refractivity contribution in [1.82, 2.24) is 5.32 Å². The molecule has 0 fully saturated rings. The van der Waals surface area contributed by atoms with Gasteiger partial charge in [0, 0.05) is 24.3 Å². The molecule has 0 saturated carbocycles. The van der Waals surface area contributed by atoms with Crippen LogP contribution in [0.3, 0.4) is 0 Å². The Labute approximate surface area is 177 Å². The van der Waals surface area contributed by atoms with Crippen molar-refractivity contribution in [1.29, 1.82) is 0 Å². The van der Waals surface area contributed by atoms with Gasteiger partial charge in [-0.05, 0) is 42.2 Å². The van der Waals surface area contributed by atoms with Crippen LogP contribution < -0.4 is 5.32 Å². The molecule has 0 radical (unpaired) electrons. The first-order valence-corrected chi connectivity index (χ1v) is 10.1. The van der Waals surface area contributed by atoms with Gasteiger partial charge in [0.1, 0.15) is 17.7 Å². The third kappa shape index (κ3) is 7.79. The predicted molar refractivity (Wildman–Crippen MR) is 112 cm³/mol. The quantitative estimate of drug-likeness (QED) is 0.588. The van der Waals surface area contributed by atoms with E-state index < -0.39 is 29.6 Å². The van der Waals surface area contributed by atoms with E-state index in [0.717, 1.165) is 29.5 Å². The lowest BCUT2D eigenvalue weighted by atomic mass is 10.0. The number of halogens is 2. The van der Waals surface area contributed by atoms with Gasteiger partial charge in [-0.2, -0.15) is 0 Å². The molecule has 5 nitrogen and oxygen atoms in total. The monoisotopic (exact) mass is 433 g/mol. The summed E-state index contributed by atoms with van der Waals surface area (Å²) in [7, 11) is 0. The third-order valence-corrected chi connectivity index (χ3v) is 4.98. The summed E-state index contributed by atoms with van der Waals surface area (Å²) >= 11 is 0.838. The Morgan fingerprint density at radius 3 is 2.30 bits per heavy atom. The van der Waals surface area contributed by atoms with Gasteiger partial charge in [-0.1, -0.05) is 42.1 Å². The lowest BCUT2D eigenvalue weighted by Gasteiger charge is -2.16. The first-order chi connectivity index (χ1) is 14.2. The summed E-state index contributed by atoms with van der Waals surface area (Å²) in [6, 6.07) is 10.8. The van der Waals surface area contributed by atoms with Crippen molar-refractivity contribution >= 4 is 34.8 Å². The molecule has 2 aromatic rings. The second-order valence-electron chi connectivity index (χ2n) is 6.54. The van der Waals surface area contributed by atoms with E-state index in [1.165, 1.54) is 13.0 Å². The normalized spacial score (nSPS) is 12.3. The van der Waals surface area contributed by atoms with E-state index in [1.54, 1.807) is 0 Å². The molecule has 0 heterocycles. The number of benzene rings is 2. The van der Waals surface area contributed by atoms with E-state index in [2.05, 4.69) is 5.32 Å². The number of hydrogen-bond acceptors (Lipinski definition) is 4. The third-order valence-electron chi connectivity index (χ3n) is 4.12. The number of rotatable bonds is 9. The van der Waals surface area contributed by atoms with Crippen LogP contribution in [0, 0.1) is 11.6 Å². The molecule has 0 aliphatic heterocycles. The number of carbonyl (C=O) groups is 3. The maximum absolute atomic E-state index is 13.5. The largest absolute Gasteiger partial charge is 0.480 e. The van der Waals surface area contributed by atoms with E-state index in [4.69, 9.17) is 0 Å². The van der Waals surface area contributed by atoms with Crippen LogP contribution >= 0.6 is 11.8 Å². The summed E-state index contributed by atoms with van der Waals surface area (Å²) in [5, 5.41) is 11.7. The van der Waals surface area contributed by atoms with E-state index in [-0.39, 0.29) is 28.4 Å². The van der Waals surface area contributed by atoms with Crippen molar-refractivity contribution in [2.75, 3.05) is 5.75 Å². The highest BCUT2D eigenvalue weighted by Crippen LogP contribution is 2.17. The average molecular weight is 433 g/mol. The van der Waals surface area contributed by atoms with Gasteiger partial charge >= 0.3 is 5.97 Å². The van der Waals surface area contributed by atoms with Crippen molar-refractivity contribution in [2.24, 2.45) is 0 Å². The standard InChI is InChI=1S/C22H21F2NO4S/c1-14(26)30-13-17(9-16-10-18(23)12-19(24)11-16)21(27)25-20(22(28)29)8-7-15-5-3-2-4-6-15/h2-6,9-12,20H,7-8,13H2,1H3,(H,25,27)(H,28,29)/b17-9-/t20-/m0/s1. The number of amides is 1. The summed E-state index contributed by atoms with van der Waals surface area (Å²) in [6.45, 7) is 1.32. The van der Waals surface area contributed by atoms with Crippen molar-refractivity contribution < 1.29 is 28.3 Å². The van der Waals surface area contributed by atoms with Crippen LogP contribution in [0.4, 0.5) is 8.78 Å². The van der Waals surface area contributed by atoms with Gasteiger partial charge in [0.2, 0.25) is 5.91 Å². The topological polar surface area (TPSA) is 83.5 Å². The Bertz CT molecular complexity index is 927. The Balaban J connectivity index is 2.18. The Hall–Kier alpha value is -3.00. The second kappa shape index (κ2) is 11.3. The average Bonchev–Trinajstić information content (AvgIpc) is 2.67. The fraction of sp³-hybridized carbons (Fsp3) is 0.227. The van der Waals surface area contributed by atoms with Crippen molar-refractivity contribution in [3.63, 3.8) is 0 Å².